The quantitative estimate of drug-likeness (QED) is 0.227. The van der Waals surface area contributed by atoms with Gasteiger partial charge >= 0.3 is 0 Å². The van der Waals surface area contributed by atoms with E-state index in [9.17, 15) is 19.5 Å². The Hall–Kier alpha value is -4.06. The molecule has 3 aromatic rings. The minimum Gasteiger partial charge on any atom is -0.497 e. The number of ether oxygens (including phenoxy) is 2. The molecular weight excluding hydrogens is 617 g/mol. The van der Waals surface area contributed by atoms with Gasteiger partial charge in [-0.2, -0.15) is 0 Å². The minimum absolute atomic E-state index is 0.0592. The minimum atomic E-state index is -3.47. The lowest BCUT2D eigenvalue weighted by Gasteiger charge is -2.31. The van der Waals surface area contributed by atoms with Crippen LogP contribution in [0.3, 0.4) is 0 Å². The first kappa shape index (κ1) is 32.9. The summed E-state index contributed by atoms with van der Waals surface area (Å²) in [6, 6.07) is 21.4. The number of hydrogen-bond donors (Lipinski definition) is 2. The highest BCUT2D eigenvalue weighted by Crippen LogP contribution is 2.60. The van der Waals surface area contributed by atoms with Crippen molar-refractivity contribution in [1.29, 1.82) is 0 Å². The largest absolute Gasteiger partial charge is 0.497 e. The summed E-state index contributed by atoms with van der Waals surface area (Å²) >= 11 is 0. The molecule has 3 aromatic carbocycles. The van der Waals surface area contributed by atoms with Crippen LogP contribution in [0.2, 0.25) is 18.6 Å². The molecule has 11 heteroatoms. The predicted octanol–water partition coefficient (Wildman–Crippen LogP) is 5.64. The van der Waals surface area contributed by atoms with Gasteiger partial charge in [0.25, 0.3) is 11.8 Å². The standard InChI is InChI=1S/C36H42FN3O6Si/c1-23-33(47(3,4)37)31(20-32(42)39-18-8-11-27(39)22-41)46-36(23)29-19-28(45-2)16-17-30(29)40(35(36)44)21-24-12-14-26(15-13-24)38-34(43)25-9-6-5-7-10-25/h5-7,9-10,12-17,19,23,27,31,33,41H,8,11,18,20-22H2,1-4H3,(H,38,43)/t23-,27-,31+,33-,36+/m0/s1. The van der Waals surface area contributed by atoms with Crippen LogP contribution in [0, 0.1) is 5.92 Å². The van der Waals surface area contributed by atoms with Crippen LogP contribution in [0.5, 0.6) is 5.75 Å². The SMILES string of the molecule is COc1ccc2c(c1)[C@@]1(O[C@H](CC(=O)N3CCC[C@H]3CO)[C@@H]([Si](C)(C)F)[C@@H]1C)C(=O)N2Cc1ccc(NC(=O)c2ccccc2)cc1. The number of carbonyl (C=O) groups is 3. The van der Waals surface area contributed by atoms with Crippen molar-refractivity contribution >= 4 is 37.5 Å². The molecule has 0 unspecified atom stereocenters. The van der Waals surface area contributed by atoms with Gasteiger partial charge in [-0.1, -0.05) is 37.3 Å². The van der Waals surface area contributed by atoms with Crippen molar-refractivity contribution in [3.05, 3.63) is 89.5 Å². The highest BCUT2D eigenvalue weighted by atomic mass is 28.4. The second-order valence-corrected chi connectivity index (χ2v) is 17.1. The topological polar surface area (TPSA) is 108 Å². The van der Waals surface area contributed by atoms with E-state index in [-0.39, 0.29) is 43.3 Å². The van der Waals surface area contributed by atoms with Crippen LogP contribution in [-0.2, 0) is 26.5 Å². The van der Waals surface area contributed by atoms with Crippen molar-refractivity contribution in [2.24, 2.45) is 5.92 Å². The van der Waals surface area contributed by atoms with Crippen molar-refractivity contribution in [1.82, 2.24) is 4.90 Å². The van der Waals surface area contributed by atoms with Gasteiger partial charge in [-0.3, -0.25) is 14.4 Å². The van der Waals surface area contributed by atoms with E-state index in [1.807, 2.05) is 31.2 Å². The first-order chi connectivity index (χ1) is 22.5. The molecular formula is C36H42FN3O6Si. The van der Waals surface area contributed by atoms with Crippen LogP contribution in [-0.4, -0.2) is 68.5 Å². The molecule has 2 fully saturated rings. The molecule has 6 rings (SSSR count). The fraction of sp³-hybridized carbons (Fsp3) is 0.417. The molecule has 0 saturated carbocycles. The lowest BCUT2D eigenvalue weighted by molar-refractivity contribution is -0.150. The Morgan fingerprint density at radius 2 is 1.83 bits per heavy atom. The van der Waals surface area contributed by atoms with Gasteiger partial charge in [-0.15, -0.1) is 0 Å². The molecule has 3 heterocycles. The van der Waals surface area contributed by atoms with E-state index in [1.165, 1.54) is 0 Å². The van der Waals surface area contributed by atoms with E-state index >= 15 is 4.11 Å². The molecule has 248 valence electrons. The summed E-state index contributed by atoms with van der Waals surface area (Å²) in [6.07, 6.45) is 0.661. The molecule has 47 heavy (non-hydrogen) atoms. The predicted molar refractivity (Wildman–Crippen MR) is 180 cm³/mol. The maximum atomic E-state index is 16.2. The summed E-state index contributed by atoms with van der Waals surface area (Å²) < 4.78 is 28.6. The van der Waals surface area contributed by atoms with Gasteiger partial charge < -0.3 is 33.8 Å². The Morgan fingerprint density at radius 1 is 1.11 bits per heavy atom. The van der Waals surface area contributed by atoms with Crippen LogP contribution in [0.4, 0.5) is 15.5 Å². The molecule has 3 amide bonds. The number of aliphatic hydroxyl groups is 1. The van der Waals surface area contributed by atoms with E-state index in [4.69, 9.17) is 9.47 Å². The summed E-state index contributed by atoms with van der Waals surface area (Å²) in [6.45, 7) is 5.74. The van der Waals surface area contributed by atoms with Gasteiger partial charge in [0.15, 0.2) is 5.60 Å². The zero-order valence-electron chi connectivity index (χ0n) is 27.2. The number of nitrogens with zero attached hydrogens (tertiary/aromatic N) is 2. The molecule has 0 aromatic heterocycles. The molecule has 1 spiro atoms. The van der Waals surface area contributed by atoms with Crippen molar-refractivity contribution in [3.63, 3.8) is 0 Å². The Bertz CT molecular complexity index is 1650. The van der Waals surface area contributed by atoms with E-state index in [0.717, 1.165) is 18.4 Å². The Morgan fingerprint density at radius 3 is 2.49 bits per heavy atom. The molecule has 3 aliphatic rings. The Balaban J connectivity index is 1.30. The number of anilines is 2. The number of amides is 3. The second kappa shape index (κ2) is 12.9. The molecule has 5 atom stereocenters. The Labute approximate surface area is 275 Å². The average molecular weight is 660 g/mol. The maximum absolute atomic E-state index is 16.2. The summed E-state index contributed by atoms with van der Waals surface area (Å²) in [5, 5.41) is 12.7. The van der Waals surface area contributed by atoms with Gasteiger partial charge in [-0.25, -0.2) is 0 Å². The molecule has 9 nitrogen and oxygen atoms in total. The van der Waals surface area contributed by atoms with Gasteiger partial charge in [0.2, 0.25) is 14.3 Å². The van der Waals surface area contributed by atoms with E-state index < -0.39 is 31.6 Å². The monoisotopic (exact) mass is 659 g/mol. The number of halogens is 1. The van der Waals surface area contributed by atoms with Crippen molar-refractivity contribution in [2.45, 2.75) is 69.1 Å². The Kier molecular flexibility index (Phi) is 8.99. The molecule has 2 saturated heterocycles. The zero-order valence-corrected chi connectivity index (χ0v) is 28.2. The smallest absolute Gasteiger partial charge is 0.264 e. The lowest BCUT2D eigenvalue weighted by atomic mass is 9.82. The molecule has 0 bridgehead atoms. The average Bonchev–Trinajstić information content (AvgIpc) is 3.72. The van der Waals surface area contributed by atoms with Crippen molar-refractivity contribution < 1.29 is 33.1 Å². The summed E-state index contributed by atoms with van der Waals surface area (Å²) in [7, 11) is -1.92. The summed E-state index contributed by atoms with van der Waals surface area (Å²) in [5.41, 5.74) is 1.12. The third kappa shape index (κ3) is 5.96. The number of hydrogen-bond acceptors (Lipinski definition) is 6. The number of rotatable bonds is 9. The van der Waals surface area contributed by atoms with Crippen LogP contribution >= 0.6 is 0 Å². The van der Waals surface area contributed by atoms with E-state index in [2.05, 4.69) is 5.32 Å². The number of likely N-dealkylation sites (tertiary alicyclic amines) is 1. The second-order valence-electron chi connectivity index (χ2n) is 13.3. The fourth-order valence-corrected chi connectivity index (χ4v) is 10.3. The summed E-state index contributed by atoms with van der Waals surface area (Å²) in [4.78, 5) is 44.2. The van der Waals surface area contributed by atoms with Crippen molar-refractivity contribution in [3.8, 4) is 5.75 Å². The fourth-order valence-electron chi connectivity index (χ4n) is 7.82. The molecule has 0 aliphatic carbocycles. The maximum Gasteiger partial charge on any atom is 0.264 e. The van der Waals surface area contributed by atoms with Gasteiger partial charge in [0, 0.05) is 34.8 Å². The third-order valence-electron chi connectivity index (χ3n) is 10.0. The van der Waals surface area contributed by atoms with Crippen LogP contribution in [0.1, 0.15) is 47.7 Å². The van der Waals surface area contributed by atoms with E-state index in [1.54, 1.807) is 78.5 Å². The number of fused-ring (bicyclic) bond motifs is 2. The molecule has 2 N–H and O–H groups in total. The van der Waals surface area contributed by atoms with Gasteiger partial charge in [-0.05, 0) is 74.0 Å². The number of benzene rings is 3. The van der Waals surface area contributed by atoms with Crippen LogP contribution in [0.25, 0.3) is 0 Å². The number of nitrogens with one attached hydrogen (secondary N) is 1. The lowest BCUT2D eigenvalue weighted by Crippen LogP contribution is -2.45. The summed E-state index contributed by atoms with van der Waals surface area (Å²) in [5.74, 6) is -0.723. The van der Waals surface area contributed by atoms with Crippen LogP contribution in [0.15, 0.2) is 72.8 Å². The number of methoxy groups -OCH3 is 1. The molecule has 3 aliphatic heterocycles. The first-order valence-electron chi connectivity index (χ1n) is 16.2. The molecule has 0 radical (unpaired) electrons. The first-order valence-corrected chi connectivity index (χ1v) is 19.2. The highest BCUT2D eigenvalue weighted by Gasteiger charge is 2.67. The zero-order chi connectivity index (χ0) is 33.5. The van der Waals surface area contributed by atoms with Gasteiger partial charge in [0.1, 0.15) is 5.75 Å². The van der Waals surface area contributed by atoms with Gasteiger partial charge in [0.05, 0.1) is 44.5 Å². The van der Waals surface area contributed by atoms with Crippen LogP contribution < -0.4 is 15.0 Å². The highest BCUT2D eigenvalue weighted by molar-refractivity contribution is 6.72. The van der Waals surface area contributed by atoms with E-state index in [0.29, 0.717) is 34.8 Å². The number of aliphatic hydroxyl groups excluding tert-OH is 1. The third-order valence-corrected chi connectivity index (χ3v) is 12.5. The van der Waals surface area contributed by atoms with Crippen molar-refractivity contribution in [2.75, 3.05) is 30.5 Å². The normalized spacial score (nSPS) is 25.4. The number of carbonyl (C=O) groups excluding carboxylic acids is 3.